The highest BCUT2D eigenvalue weighted by Gasteiger charge is 2.30. The molecule has 1 heterocycles. The maximum Gasteiger partial charge on any atom is 0.416 e. The predicted octanol–water partition coefficient (Wildman–Crippen LogP) is 2.79. The number of aryl methyl sites for hydroxylation is 1. The first-order chi connectivity index (χ1) is 9.72. The van der Waals surface area contributed by atoms with Gasteiger partial charge in [-0.25, -0.2) is 4.98 Å². The number of benzene rings is 1. The van der Waals surface area contributed by atoms with Gasteiger partial charge in [-0.3, -0.25) is 4.72 Å². The van der Waals surface area contributed by atoms with Crippen LogP contribution in [0.15, 0.2) is 35.5 Å². The fourth-order valence-corrected chi connectivity index (χ4v) is 2.62. The molecule has 0 amide bonds. The van der Waals surface area contributed by atoms with E-state index in [0.717, 1.165) is 24.4 Å². The van der Waals surface area contributed by atoms with E-state index in [2.05, 4.69) is 14.7 Å². The number of nitrogens with one attached hydrogen (secondary N) is 2. The van der Waals surface area contributed by atoms with Gasteiger partial charge in [-0.05, 0) is 18.2 Å². The van der Waals surface area contributed by atoms with Crippen LogP contribution in [0.5, 0.6) is 0 Å². The summed E-state index contributed by atoms with van der Waals surface area (Å²) in [5.74, 6) is 0.472. The van der Waals surface area contributed by atoms with Crippen molar-refractivity contribution in [2.75, 3.05) is 4.72 Å². The van der Waals surface area contributed by atoms with Crippen molar-refractivity contribution < 1.29 is 21.6 Å². The van der Waals surface area contributed by atoms with Crippen molar-refractivity contribution in [1.82, 2.24) is 9.97 Å². The van der Waals surface area contributed by atoms with Crippen molar-refractivity contribution >= 4 is 15.7 Å². The van der Waals surface area contributed by atoms with Gasteiger partial charge in [0, 0.05) is 12.1 Å². The fraction of sp³-hybridized carbons (Fsp3) is 0.250. The topological polar surface area (TPSA) is 74.8 Å². The molecular formula is C12H12F3N3O2S. The van der Waals surface area contributed by atoms with Crippen LogP contribution >= 0.6 is 0 Å². The number of anilines is 1. The quantitative estimate of drug-likeness (QED) is 0.910. The summed E-state index contributed by atoms with van der Waals surface area (Å²) in [4.78, 5) is 6.43. The van der Waals surface area contributed by atoms with Crippen LogP contribution < -0.4 is 4.72 Å². The normalized spacial score (nSPS) is 12.4. The summed E-state index contributed by atoms with van der Waals surface area (Å²) < 4.78 is 63.9. The van der Waals surface area contributed by atoms with E-state index in [4.69, 9.17) is 0 Å². The Hall–Kier alpha value is -2.03. The first-order valence-electron chi connectivity index (χ1n) is 5.96. The summed E-state index contributed by atoms with van der Waals surface area (Å²) in [6.45, 7) is 1.79. The van der Waals surface area contributed by atoms with Crippen LogP contribution in [-0.2, 0) is 22.6 Å². The monoisotopic (exact) mass is 319 g/mol. The molecule has 0 atom stereocenters. The molecule has 1 aromatic carbocycles. The summed E-state index contributed by atoms with van der Waals surface area (Å²) in [5, 5.41) is -0.197. The number of aromatic nitrogens is 2. The second-order valence-corrected chi connectivity index (χ2v) is 5.88. The van der Waals surface area contributed by atoms with Gasteiger partial charge in [0.25, 0.3) is 10.0 Å². The van der Waals surface area contributed by atoms with E-state index in [1.807, 2.05) is 0 Å². The number of imidazole rings is 1. The van der Waals surface area contributed by atoms with Crippen LogP contribution in [0.2, 0.25) is 0 Å². The molecule has 0 saturated carbocycles. The van der Waals surface area contributed by atoms with E-state index >= 15 is 0 Å². The predicted molar refractivity (Wildman–Crippen MR) is 70.2 cm³/mol. The number of hydrogen-bond acceptors (Lipinski definition) is 3. The Morgan fingerprint density at radius 2 is 2.05 bits per heavy atom. The first kappa shape index (κ1) is 15.4. The molecule has 5 nitrogen and oxygen atoms in total. The Morgan fingerprint density at radius 1 is 1.33 bits per heavy atom. The van der Waals surface area contributed by atoms with Gasteiger partial charge >= 0.3 is 6.18 Å². The second kappa shape index (κ2) is 5.40. The summed E-state index contributed by atoms with van der Waals surface area (Å²) in [7, 11) is -4.00. The highest BCUT2D eigenvalue weighted by Crippen LogP contribution is 2.31. The Morgan fingerprint density at radius 3 is 2.62 bits per heavy atom. The van der Waals surface area contributed by atoms with Gasteiger partial charge in [0.05, 0.1) is 11.8 Å². The minimum Gasteiger partial charge on any atom is -0.332 e. The zero-order chi connectivity index (χ0) is 15.7. The van der Waals surface area contributed by atoms with E-state index < -0.39 is 21.8 Å². The minimum atomic E-state index is -4.54. The summed E-state index contributed by atoms with van der Waals surface area (Å²) in [6.07, 6.45) is -2.90. The van der Waals surface area contributed by atoms with Crippen molar-refractivity contribution in [2.24, 2.45) is 0 Å². The molecular weight excluding hydrogens is 307 g/mol. The number of aromatic amines is 1. The first-order valence-corrected chi connectivity index (χ1v) is 7.44. The molecule has 2 rings (SSSR count). The van der Waals surface area contributed by atoms with Crippen LogP contribution in [-0.4, -0.2) is 18.4 Å². The van der Waals surface area contributed by atoms with E-state index in [9.17, 15) is 21.6 Å². The second-order valence-electron chi connectivity index (χ2n) is 4.23. The average molecular weight is 319 g/mol. The third-order valence-electron chi connectivity index (χ3n) is 2.67. The number of nitrogens with zero attached hydrogens (tertiary/aromatic N) is 1. The molecule has 0 saturated heterocycles. The molecule has 0 aliphatic heterocycles. The maximum atomic E-state index is 12.6. The van der Waals surface area contributed by atoms with Crippen molar-refractivity contribution in [3.63, 3.8) is 0 Å². The SMILES string of the molecule is CCc1ncc(S(=O)(=O)Nc2cccc(C(F)(F)F)c2)[nH]1. The lowest BCUT2D eigenvalue weighted by atomic mass is 10.2. The van der Waals surface area contributed by atoms with Crippen molar-refractivity contribution in [3.05, 3.63) is 41.9 Å². The van der Waals surface area contributed by atoms with Crippen LogP contribution in [0, 0.1) is 0 Å². The summed E-state index contributed by atoms with van der Waals surface area (Å²) in [5.41, 5.74) is -1.10. The molecule has 21 heavy (non-hydrogen) atoms. The van der Waals surface area contributed by atoms with E-state index in [1.165, 1.54) is 6.07 Å². The van der Waals surface area contributed by atoms with Crippen LogP contribution in [0.3, 0.4) is 0 Å². The van der Waals surface area contributed by atoms with Crippen molar-refractivity contribution in [3.8, 4) is 0 Å². The van der Waals surface area contributed by atoms with E-state index in [1.54, 1.807) is 6.92 Å². The third-order valence-corrected chi connectivity index (χ3v) is 3.96. The molecule has 114 valence electrons. The number of rotatable bonds is 4. The largest absolute Gasteiger partial charge is 0.416 e. The van der Waals surface area contributed by atoms with Gasteiger partial charge < -0.3 is 4.98 Å². The van der Waals surface area contributed by atoms with E-state index in [-0.39, 0.29) is 10.7 Å². The van der Waals surface area contributed by atoms with Crippen LogP contribution in [0.4, 0.5) is 18.9 Å². The summed E-state index contributed by atoms with van der Waals surface area (Å²) in [6, 6.07) is 3.97. The van der Waals surface area contributed by atoms with Gasteiger partial charge in [0.1, 0.15) is 5.82 Å². The highest BCUT2D eigenvalue weighted by atomic mass is 32.2. The Bertz CT molecular complexity index is 738. The zero-order valence-electron chi connectivity index (χ0n) is 10.9. The Kier molecular flexibility index (Phi) is 3.95. The number of H-pyrrole nitrogens is 1. The summed E-state index contributed by atoms with van der Waals surface area (Å²) >= 11 is 0. The highest BCUT2D eigenvalue weighted by molar-refractivity contribution is 7.92. The van der Waals surface area contributed by atoms with Gasteiger partial charge in [-0.15, -0.1) is 0 Å². The Labute approximate surface area is 119 Å². The maximum absolute atomic E-state index is 12.6. The number of sulfonamides is 1. The third kappa shape index (κ3) is 3.54. The molecule has 0 spiro atoms. The van der Waals surface area contributed by atoms with Gasteiger partial charge in [-0.2, -0.15) is 21.6 Å². The molecule has 1 aromatic heterocycles. The molecule has 0 bridgehead atoms. The molecule has 0 radical (unpaired) electrons. The lowest BCUT2D eigenvalue weighted by Gasteiger charge is -2.10. The molecule has 0 aliphatic carbocycles. The smallest absolute Gasteiger partial charge is 0.332 e. The lowest BCUT2D eigenvalue weighted by molar-refractivity contribution is -0.137. The molecule has 0 unspecified atom stereocenters. The van der Waals surface area contributed by atoms with Gasteiger partial charge in [-0.1, -0.05) is 13.0 Å². The van der Waals surface area contributed by atoms with Crippen LogP contribution in [0.1, 0.15) is 18.3 Å². The molecule has 9 heteroatoms. The molecule has 0 aliphatic rings. The van der Waals surface area contributed by atoms with Crippen molar-refractivity contribution in [2.45, 2.75) is 24.5 Å². The van der Waals surface area contributed by atoms with Gasteiger partial charge in [0.2, 0.25) is 0 Å². The zero-order valence-corrected chi connectivity index (χ0v) is 11.7. The lowest BCUT2D eigenvalue weighted by Crippen LogP contribution is -2.14. The number of halogens is 3. The minimum absolute atomic E-state index is 0.169. The van der Waals surface area contributed by atoms with Crippen LogP contribution in [0.25, 0.3) is 0 Å². The number of hydrogen-bond donors (Lipinski definition) is 2. The Balaban J connectivity index is 2.28. The average Bonchev–Trinajstić information content (AvgIpc) is 2.87. The molecule has 2 N–H and O–H groups in total. The fourth-order valence-electron chi connectivity index (χ4n) is 1.63. The standard InChI is InChI=1S/C12H12F3N3O2S/c1-2-10-16-7-11(17-10)21(19,20)18-9-5-3-4-8(6-9)12(13,14)15/h3-7,18H,2H2,1H3,(H,16,17). The van der Waals surface area contributed by atoms with E-state index in [0.29, 0.717) is 12.2 Å². The number of alkyl halides is 3. The van der Waals surface area contributed by atoms with Gasteiger partial charge in [0.15, 0.2) is 5.03 Å². The molecule has 2 aromatic rings. The molecule has 0 fully saturated rings. The van der Waals surface area contributed by atoms with Crippen molar-refractivity contribution in [1.29, 1.82) is 0 Å².